The van der Waals surface area contributed by atoms with Crippen LogP contribution in [0.15, 0.2) is 16.9 Å². The topological polar surface area (TPSA) is 48.0 Å². The lowest BCUT2D eigenvalue weighted by atomic mass is 9.91. The van der Waals surface area contributed by atoms with Crippen molar-refractivity contribution in [1.82, 2.24) is 4.57 Å². The van der Waals surface area contributed by atoms with Gasteiger partial charge in [0.25, 0.3) is 5.56 Å². The minimum absolute atomic E-state index is 0.113. The zero-order chi connectivity index (χ0) is 13.1. The Morgan fingerprint density at radius 2 is 2.11 bits per heavy atom. The van der Waals surface area contributed by atoms with Gasteiger partial charge in [-0.15, -0.1) is 0 Å². The lowest BCUT2D eigenvalue weighted by Crippen LogP contribution is -2.31. The van der Waals surface area contributed by atoms with Gasteiger partial charge in [-0.05, 0) is 30.7 Å². The maximum Gasteiger partial charge on any atom is 0.250 e. The molecule has 100 valence electrons. The lowest BCUT2D eigenvalue weighted by Gasteiger charge is -2.27. The number of fused-ring (bicyclic) bond motifs is 1. The number of hydrogen-bond acceptors (Lipinski definition) is 2. The molecule has 1 aliphatic rings. The van der Waals surface area contributed by atoms with Crippen molar-refractivity contribution in [2.24, 2.45) is 11.7 Å². The minimum atomic E-state index is 0.113. The first kappa shape index (κ1) is 13.3. The van der Waals surface area contributed by atoms with Gasteiger partial charge in [-0.1, -0.05) is 32.8 Å². The summed E-state index contributed by atoms with van der Waals surface area (Å²) in [7, 11) is 0. The van der Waals surface area contributed by atoms with Crippen LogP contribution >= 0.6 is 0 Å². The highest BCUT2D eigenvalue weighted by Crippen LogP contribution is 2.27. The fourth-order valence-corrected chi connectivity index (χ4v) is 2.90. The van der Waals surface area contributed by atoms with E-state index in [1.807, 2.05) is 10.6 Å². The van der Waals surface area contributed by atoms with Gasteiger partial charge in [0.15, 0.2) is 0 Å². The summed E-state index contributed by atoms with van der Waals surface area (Å²) in [5.74, 6) is 0.590. The molecule has 2 rings (SSSR count). The van der Waals surface area contributed by atoms with E-state index in [9.17, 15) is 4.79 Å². The van der Waals surface area contributed by atoms with Crippen LogP contribution in [-0.2, 0) is 13.0 Å². The molecule has 1 atom stereocenters. The Labute approximate surface area is 109 Å². The molecule has 0 aromatic carbocycles. The summed E-state index contributed by atoms with van der Waals surface area (Å²) in [6.45, 7) is 5.24. The molecule has 0 saturated carbocycles. The van der Waals surface area contributed by atoms with Gasteiger partial charge < -0.3 is 10.3 Å². The van der Waals surface area contributed by atoms with Crippen molar-refractivity contribution in [3.05, 3.63) is 33.7 Å². The standard InChI is InChI=1S/C15H24N2O/c1-3-11(4-2)10-17-14-7-5-6-13(16)12(14)8-9-15(17)18/h8-9,11,13H,3-7,10,16H2,1-2H3. The molecule has 0 saturated heterocycles. The van der Waals surface area contributed by atoms with Crippen LogP contribution in [0.1, 0.15) is 56.8 Å². The molecule has 1 heterocycles. The van der Waals surface area contributed by atoms with Crippen LogP contribution in [-0.4, -0.2) is 4.57 Å². The molecular weight excluding hydrogens is 224 g/mol. The summed E-state index contributed by atoms with van der Waals surface area (Å²) in [6, 6.07) is 3.74. The molecule has 1 aliphatic carbocycles. The number of rotatable bonds is 4. The van der Waals surface area contributed by atoms with Gasteiger partial charge in [0.2, 0.25) is 0 Å². The zero-order valence-corrected chi connectivity index (χ0v) is 11.5. The van der Waals surface area contributed by atoms with E-state index in [1.54, 1.807) is 6.07 Å². The fraction of sp³-hybridized carbons (Fsp3) is 0.667. The summed E-state index contributed by atoms with van der Waals surface area (Å²) in [5, 5.41) is 0. The van der Waals surface area contributed by atoms with E-state index in [1.165, 1.54) is 11.3 Å². The van der Waals surface area contributed by atoms with Crippen molar-refractivity contribution in [2.45, 2.75) is 58.5 Å². The van der Waals surface area contributed by atoms with Gasteiger partial charge in [0.05, 0.1) is 0 Å². The van der Waals surface area contributed by atoms with Gasteiger partial charge in [-0.25, -0.2) is 0 Å². The molecule has 1 aromatic rings. The lowest BCUT2D eigenvalue weighted by molar-refractivity contribution is 0.394. The molecule has 2 N–H and O–H groups in total. The highest BCUT2D eigenvalue weighted by atomic mass is 16.1. The first-order valence-corrected chi connectivity index (χ1v) is 7.15. The smallest absolute Gasteiger partial charge is 0.250 e. The van der Waals surface area contributed by atoms with E-state index in [0.29, 0.717) is 5.92 Å². The van der Waals surface area contributed by atoms with E-state index >= 15 is 0 Å². The molecule has 0 aliphatic heterocycles. The van der Waals surface area contributed by atoms with E-state index in [4.69, 9.17) is 5.73 Å². The van der Waals surface area contributed by atoms with Crippen molar-refractivity contribution in [3.63, 3.8) is 0 Å². The molecule has 18 heavy (non-hydrogen) atoms. The normalized spacial score (nSPS) is 19.0. The molecule has 0 spiro atoms. The maximum atomic E-state index is 12.1. The molecule has 0 bridgehead atoms. The predicted octanol–water partition coefficient (Wildman–Crippen LogP) is 2.62. The Hall–Kier alpha value is -1.09. The average molecular weight is 248 g/mol. The van der Waals surface area contributed by atoms with Crippen LogP contribution in [0.3, 0.4) is 0 Å². The SMILES string of the molecule is CCC(CC)Cn1c2c(ccc1=O)C(N)CCC2. The Bertz CT molecular complexity index is 460. The number of nitrogens with two attached hydrogens (primary N) is 1. The maximum absolute atomic E-state index is 12.1. The van der Waals surface area contributed by atoms with Crippen LogP contribution in [0.2, 0.25) is 0 Å². The Morgan fingerprint density at radius 1 is 1.39 bits per heavy atom. The zero-order valence-electron chi connectivity index (χ0n) is 11.5. The van der Waals surface area contributed by atoms with Crippen LogP contribution < -0.4 is 11.3 Å². The van der Waals surface area contributed by atoms with Gasteiger partial charge in [-0.2, -0.15) is 0 Å². The highest BCUT2D eigenvalue weighted by Gasteiger charge is 2.21. The second kappa shape index (κ2) is 5.70. The largest absolute Gasteiger partial charge is 0.324 e. The second-order valence-electron chi connectivity index (χ2n) is 5.37. The first-order chi connectivity index (χ1) is 8.67. The molecular formula is C15H24N2O. The number of hydrogen-bond donors (Lipinski definition) is 1. The quantitative estimate of drug-likeness (QED) is 0.890. The molecule has 1 unspecified atom stereocenters. The van der Waals surface area contributed by atoms with Crippen molar-refractivity contribution < 1.29 is 0 Å². The highest BCUT2D eigenvalue weighted by molar-refractivity contribution is 5.27. The van der Waals surface area contributed by atoms with E-state index in [-0.39, 0.29) is 11.6 Å². The molecule has 1 aromatic heterocycles. The first-order valence-electron chi connectivity index (χ1n) is 7.15. The number of pyridine rings is 1. The second-order valence-corrected chi connectivity index (χ2v) is 5.37. The van der Waals surface area contributed by atoms with Gasteiger partial charge in [0.1, 0.15) is 0 Å². The molecule has 0 fully saturated rings. The van der Waals surface area contributed by atoms with E-state index in [2.05, 4.69) is 13.8 Å². The summed E-state index contributed by atoms with van der Waals surface area (Å²) < 4.78 is 1.98. The summed E-state index contributed by atoms with van der Waals surface area (Å²) in [4.78, 5) is 12.1. The van der Waals surface area contributed by atoms with Gasteiger partial charge >= 0.3 is 0 Å². The minimum Gasteiger partial charge on any atom is -0.324 e. The average Bonchev–Trinajstić information content (AvgIpc) is 2.38. The third-order valence-corrected chi connectivity index (χ3v) is 4.25. The van der Waals surface area contributed by atoms with E-state index < -0.39 is 0 Å². The van der Waals surface area contributed by atoms with Crippen LogP contribution in [0, 0.1) is 5.92 Å². The third-order valence-electron chi connectivity index (χ3n) is 4.25. The van der Waals surface area contributed by atoms with Gasteiger partial charge in [-0.3, -0.25) is 4.79 Å². The Kier molecular flexibility index (Phi) is 4.23. The van der Waals surface area contributed by atoms with E-state index in [0.717, 1.165) is 38.6 Å². The van der Waals surface area contributed by atoms with Crippen molar-refractivity contribution in [2.75, 3.05) is 0 Å². The van der Waals surface area contributed by atoms with Crippen LogP contribution in [0.5, 0.6) is 0 Å². The number of nitrogens with zero attached hydrogens (tertiary/aromatic N) is 1. The Morgan fingerprint density at radius 3 is 2.78 bits per heavy atom. The third kappa shape index (κ3) is 2.51. The van der Waals surface area contributed by atoms with Crippen molar-refractivity contribution in [3.8, 4) is 0 Å². The van der Waals surface area contributed by atoms with Crippen LogP contribution in [0.25, 0.3) is 0 Å². The molecule has 3 heteroatoms. The van der Waals surface area contributed by atoms with Crippen LogP contribution in [0.4, 0.5) is 0 Å². The predicted molar refractivity (Wildman–Crippen MR) is 74.6 cm³/mol. The molecule has 3 nitrogen and oxygen atoms in total. The molecule has 0 radical (unpaired) electrons. The monoisotopic (exact) mass is 248 g/mol. The summed E-state index contributed by atoms with van der Waals surface area (Å²) in [6.07, 6.45) is 5.38. The summed E-state index contributed by atoms with van der Waals surface area (Å²) in [5.41, 5.74) is 8.65. The van der Waals surface area contributed by atoms with Crippen molar-refractivity contribution >= 4 is 0 Å². The van der Waals surface area contributed by atoms with Gasteiger partial charge in [0, 0.05) is 24.3 Å². The Balaban J connectivity index is 2.39. The molecule has 0 amide bonds. The number of aromatic nitrogens is 1. The van der Waals surface area contributed by atoms with Crippen molar-refractivity contribution in [1.29, 1.82) is 0 Å². The summed E-state index contributed by atoms with van der Waals surface area (Å²) >= 11 is 0. The fourth-order valence-electron chi connectivity index (χ4n) is 2.90.